The molecule has 1 aromatic carbocycles. The summed E-state index contributed by atoms with van der Waals surface area (Å²) in [6, 6.07) is 3.00. The van der Waals surface area contributed by atoms with Crippen LogP contribution in [0.3, 0.4) is 0 Å². The predicted molar refractivity (Wildman–Crippen MR) is 129 cm³/mol. The van der Waals surface area contributed by atoms with Gasteiger partial charge in [-0.1, -0.05) is 26.3 Å². The van der Waals surface area contributed by atoms with Crippen LogP contribution in [-0.2, 0) is 21.2 Å². The second-order valence-electron chi connectivity index (χ2n) is 9.01. The summed E-state index contributed by atoms with van der Waals surface area (Å²) in [6.45, 7) is 15.3. The quantitative estimate of drug-likeness (QED) is 0.398. The smallest absolute Gasteiger partial charge is 0.312 e. The molecule has 0 spiro atoms. The van der Waals surface area contributed by atoms with Crippen molar-refractivity contribution < 1.29 is 22.7 Å². The summed E-state index contributed by atoms with van der Waals surface area (Å²) in [6.07, 6.45) is 1.32. The van der Waals surface area contributed by atoms with Gasteiger partial charge < -0.3 is 4.74 Å². The molecule has 1 heterocycles. The highest BCUT2D eigenvalue weighted by atomic mass is 32.2. The Bertz CT molecular complexity index is 1230. The number of sulfone groups is 1. The Kier molecular flexibility index (Phi) is 8.06. The predicted octanol–water partition coefficient (Wildman–Crippen LogP) is 4.92. The van der Waals surface area contributed by atoms with Crippen LogP contribution in [0.15, 0.2) is 22.6 Å². The van der Waals surface area contributed by atoms with Crippen molar-refractivity contribution in [3.63, 3.8) is 0 Å². The lowest BCUT2D eigenvalue weighted by molar-refractivity contribution is -0.134. The number of aryl methyl sites for hydroxylation is 1. The summed E-state index contributed by atoms with van der Waals surface area (Å²) < 4.78 is 32.1. The third kappa shape index (κ3) is 5.61. The van der Waals surface area contributed by atoms with E-state index in [4.69, 9.17) is 4.74 Å². The number of allylic oxidation sites excluding steroid dienone is 2. The maximum atomic E-state index is 13.8. The molecule has 0 aliphatic carbocycles. The van der Waals surface area contributed by atoms with Gasteiger partial charge in [-0.25, -0.2) is 13.1 Å². The molecule has 0 aliphatic rings. The lowest BCUT2D eigenvalue weighted by atomic mass is 9.91. The molecule has 0 bridgehead atoms. The van der Waals surface area contributed by atoms with Gasteiger partial charge >= 0.3 is 5.97 Å². The first-order valence-electron chi connectivity index (χ1n) is 11.0. The molecule has 0 fully saturated rings. The average Bonchev–Trinajstić information content (AvgIpc) is 2.99. The maximum absolute atomic E-state index is 13.8. The number of hydrogen-bond donors (Lipinski definition) is 0. The van der Waals surface area contributed by atoms with Gasteiger partial charge in [0.15, 0.2) is 9.84 Å². The van der Waals surface area contributed by atoms with Gasteiger partial charge in [0.1, 0.15) is 5.56 Å². The minimum atomic E-state index is -3.52. The summed E-state index contributed by atoms with van der Waals surface area (Å²) in [7, 11) is -3.52. The zero-order chi connectivity index (χ0) is 25.2. The minimum absolute atomic E-state index is 0.130. The minimum Gasteiger partial charge on any atom is -0.407 e. The fourth-order valence-corrected chi connectivity index (χ4v) is 4.66. The van der Waals surface area contributed by atoms with Crippen LogP contribution in [0.4, 0.5) is 0 Å². The van der Waals surface area contributed by atoms with Gasteiger partial charge in [0.05, 0.1) is 10.6 Å². The zero-order valence-corrected chi connectivity index (χ0v) is 21.8. The first kappa shape index (κ1) is 26.5. The first-order chi connectivity index (χ1) is 15.2. The zero-order valence-electron chi connectivity index (χ0n) is 21.0. The summed E-state index contributed by atoms with van der Waals surface area (Å²) >= 11 is 0. The van der Waals surface area contributed by atoms with E-state index in [0.717, 1.165) is 17.4 Å². The number of esters is 1. The fourth-order valence-electron chi connectivity index (χ4n) is 3.67. The van der Waals surface area contributed by atoms with Crippen LogP contribution in [0.25, 0.3) is 5.57 Å². The molecule has 180 valence electrons. The second kappa shape index (κ2) is 10.0. The number of carbonyl (C=O) groups excluding carboxylic acids is 2. The highest BCUT2D eigenvalue weighted by Gasteiger charge is 2.29. The van der Waals surface area contributed by atoms with Crippen LogP contribution in [0.1, 0.15) is 80.7 Å². The van der Waals surface area contributed by atoms with E-state index >= 15 is 0 Å². The molecule has 33 heavy (non-hydrogen) atoms. The van der Waals surface area contributed by atoms with E-state index in [1.54, 1.807) is 25.5 Å². The van der Waals surface area contributed by atoms with Crippen LogP contribution < -0.4 is 4.74 Å². The van der Waals surface area contributed by atoms with Gasteiger partial charge in [0.2, 0.25) is 11.7 Å². The number of carbonyl (C=O) groups is 2. The second-order valence-corrected chi connectivity index (χ2v) is 11.0. The summed E-state index contributed by atoms with van der Waals surface area (Å²) in [5, 5.41) is 4.47. The van der Waals surface area contributed by atoms with E-state index in [2.05, 4.69) is 5.10 Å². The van der Waals surface area contributed by atoms with Gasteiger partial charge in [-0.15, -0.1) is 0 Å². The number of benzene rings is 1. The molecule has 0 N–H and O–H groups in total. The number of rotatable bonds is 8. The molecule has 0 unspecified atom stereocenters. The molecule has 7 nitrogen and oxygen atoms in total. The molecule has 0 radical (unpaired) electrons. The van der Waals surface area contributed by atoms with Crippen molar-refractivity contribution in [2.75, 3.05) is 6.26 Å². The molecular formula is C25H34N2O5S. The van der Waals surface area contributed by atoms with Gasteiger partial charge in [-0.3, -0.25) is 9.59 Å². The average molecular weight is 475 g/mol. The Morgan fingerprint density at radius 2 is 1.70 bits per heavy atom. The highest BCUT2D eigenvalue weighted by molar-refractivity contribution is 7.90. The number of hydrogen-bond acceptors (Lipinski definition) is 6. The third-order valence-electron chi connectivity index (χ3n) is 5.54. The molecule has 0 aliphatic heterocycles. The summed E-state index contributed by atoms with van der Waals surface area (Å²) in [5.41, 5.74) is 3.85. The Morgan fingerprint density at radius 1 is 1.09 bits per heavy atom. The normalized spacial score (nSPS) is 11.6. The Hall–Kier alpha value is -2.74. The van der Waals surface area contributed by atoms with Crippen LogP contribution in [0.5, 0.6) is 5.88 Å². The monoisotopic (exact) mass is 474 g/mol. The molecule has 8 heteroatoms. The van der Waals surface area contributed by atoms with Crippen LogP contribution in [0.2, 0.25) is 0 Å². The largest absolute Gasteiger partial charge is 0.407 e. The molecule has 0 saturated carbocycles. The van der Waals surface area contributed by atoms with Crippen molar-refractivity contribution in [2.24, 2.45) is 5.92 Å². The van der Waals surface area contributed by atoms with Crippen molar-refractivity contribution in [2.45, 2.75) is 73.3 Å². The van der Waals surface area contributed by atoms with Gasteiger partial charge in [-0.05, 0) is 69.4 Å². The first-order valence-corrected chi connectivity index (χ1v) is 12.9. The fraction of sp³-hybridized carbons (Fsp3) is 0.480. The lowest BCUT2D eigenvalue weighted by Gasteiger charge is -2.17. The Morgan fingerprint density at radius 3 is 2.18 bits per heavy atom. The molecule has 0 amide bonds. The number of aromatic nitrogens is 2. The highest BCUT2D eigenvalue weighted by Crippen LogP contribution is 2.34. The van der Waals surface area contributed by atoms with E-state index in [-0.39, 0.29) is 34.5 Å². The van der Waals surface area contributed by atoms with E-state index in [9.17, 15) is 18.0 Å². The Labute approximate surface area is 196 Å². The van der Waals surface area contributed by atoms with E-state index < -0.39 is 15.8 Å². The lowest BCUT2D eigenvalue weighted by Crippen LogP contribution is -2.16. The van der Waals surface area contributed by atoms with Crippen molar-refractivity contribution in [1.29, 1.82) is 0 Å². The summed E-state index contributed by atoms with van der Waals surface area (Å²) in [4.78, 5) is 26.1. The SMILES string of the molecule is CCC(=O)Oc1c(C(=O)c2ccc(S(C)(=O)=O)c(C(C)=C(C)C)c2C)c(C)nn1CC(C)C. The van der Waals surface area contributed by atoms with Crippen LogP contribution in [0, 0.1) is 19.8 Å². The Balaban J connectivity index is 2.81. The van der Waals surface area contributed by atoms with Gasteiger partial charge in [0.25, 0.3) is 0 Å². The van der Waals surface area contributed by atoms with Crippen molar-refractivity contribution in [1.82, 2.24) is 9.78 Å². The van der Waals surface area contributed by atoms with Crippen LogP contribution >= 0.6 is 0 Å². The van der Waals surface area contributed by atoms with Gasteiger partial charge in [-0.2, -0.15) is 5.10 Å². The molecule has 1 aromatic heterocycles. The summed E-state index contributed by atoms with van der Waals surface area (Å²) in [5.74, 6) is -0.472. The van der Waals surface area contributed by atoms with Crippen molar-refractivity contribution in [3.8, 4) is 5.88 Å². The van der Waals surface area contributed by atoms with Crippen molar-refractivity contribution >= 4 is 27.2 Å². The van der Waals surface area contributed by atoms with Crippen molar-refractivity contribution in [3.05, 3.63) is 45.7 Å². The van der Waals surface area contributed by atoms with E-state index in [1.807, 2.05) is 34.6 Å². The number of ketones is 1. The van der Waals surface area contributed by atoms with Gasteiger partial charge in [0, 0.05) is 24.8 Å². The molecule has 2 rings (SSSR count). The standard InChI is InChI=1S/C25H34N2O5S/c1-10-21(28)32-25-23(18(8)26-27(25)13-14(2)3)24(29)19-11-12-20(33(9,30)31)22(17(19)7)16(6)15(4)5/h11-12,14H,10,13H2,1-9H3. The molecule has 0 saturated heterocycles. The van der Waals surface area contributed by atoms with E-state index in [1.165, 1.54) is 12.1 Å². The topological polar surface area (TPSA) is 95.3 Å². The number of ether oxygens (including phenoxy) is 1. The maximum Gasteiger partial charge on any atom is 0.312 e. The third-order valence-corrected chi connectivity index (χ3v) is 6.68. The van der Waals surface area contributed by atoms with E-state index in [0.29, 0.717) is 28.9 Å². The molecule has 2 aromatic rings. The van der Waals surface area contributed by atoms with Crippen LogP contribution in [-0.4, -0.2) is 36.2 Å². The molecule has 0 atom stereocenters. The molecular weight excluding hydrogens is 440 g/mol. The number of nitrogens with zero attached hydrogens (tertiary/aromatic N) is 2.